The highest BCUT2D eigenvalue weighted by Gasteiger charge is 2.08. The van der Waals surface area contributed by atoms with Crippen molar-refractivity contribution >= 4 is 10.9 Å². The molecule has 62 valence electrons. The molecule has 0 saturated heterocycles. The van der Waals surface area contributed by atoms with Crippen molar-refractivity contribution < 1.29 is 4.52 Å². The molecule has 3 rings (SSSR count). The van der Waals surface area contributed by atoms with Gasteiger partial charge in [0.15, 0.2) is 0 Å². The Morgan fingerprint density at radius 1 is 1.15 bits per heavy atom. The van der Waals surface area contributed by atoms with Crippen molar-refractivity contribution in [3.05, 3.63) is 36.7 Å². The number of hydrogen-bond donors (Lipinski definition) is 0. The summed E-state index contributed by atoms with van der Waals surface area (Å²) in [6, 6.07) is 7.86. The first-order chi connectivity index (χ1) is 6.45. The van der Waals surface area contributed by atoms with Crippen molar-refractivity contribution in [3.63, 3.8) is 0 Å². The third-order valence-corrected chi connectivity index (χ3v) is 2.11. The van der Waals surface area contributed by atoms with Gasteiger partial charge < -0.3 is 4.52 Å². The van der Waals surface area contributed by atoms with Crippen LogP contribution >= 0.6 is 0 Å². The zero-order valence-corrected chi connectivity index (χ0v) is 6.77. The maximum atomic E-state index is 4.89. The molecule has 0 radical (unpaired) electrons. The first-order valence-electron chi connectivity index (χ1n) is 4.03. The summed E-state index contributed by atoms with van der Waals surface area (Å²) in [4.78, 5) is 4.26. The predicted octanol–water partition coefficient (Wildman–Crippen LogP) is 2.33. The Bertz CT molecular complexity index is 529. The van der Waals surface area contributed by atoms with E-state index in [1.807, 2.05) is 24.3 Å². The lowest BCUT2D eigenvalue weighted by molar-refractivity contribution is 0.428. The summed E-state index contributed by atoms with van der Waals surface area (Å²) in [5.41, 5.74) is 2.90. The van der Waals surface area contributed by atoms with E-state index in [4.69, 9.17) is 4.52 Å². The van der Waals surface area contributed by atoms with Crippen molar-refractivity contribution in [2.75, 3.05) is 0 Å². The van der Waals surface area contributed by atoms with Crippen molar-refractivity contribution in [1.29, 1.82) is 0 Å². The highest BCUT2D eigenvalue weighted by Crippen LogP contribution is 2.26. The molecule has 1 aliphatic heterocycles. The van der Waals surface area contributed by atoms with Crippen LogP contribution in [0.1, 0.15) is 0 Å². The molecular weight excluding hydrogens is 164 g/mol. The summed E-state index contributed by atoms with van der Waals surface area (Å²) in [6.07, 6.45) is 3.42. The molecular formula is C10H6N2O. The second-order valence-electron chi connectivity index (χ2n) is 2.89. The fourth-order valence-corrected chi connectivity index (χ4v) is 1.49. The summed E-state index contributed by atoms with van der Waals surface area (Å²) >= 11 is 0. The molecule has 1 aromatic rings. The van der Waals surface area contributed by atoms with E-state index in [1.165, 1.54) is 0 Å². The van der Waals surface area contributed by atoms with E-state index in [0.717, 1.165) is 22.2 Å². The molecule has 2 aliphatic rings. The van der Waals surface area contributed by atoms with E-state index < -0.39 is 0 Å². The molecule has 0 atom stereocenters. The lowest BCUT2D eigenvalue weighted by Crippen LogP contribution is -1.70. The first kappa shape index (κ1) is 6.60. The van der Waals surface area contributed by atoms with Gasteiger partial charge in [-0.3, -0.25) is 4.98 Å². The van der Waals surface area contributed by atoms with Crippen molar-refractivity contribution in [2.45, 2.75) is 0 Å². The van der Waals surface area contributed by atoms with Crippen LogP contribution in [0.3, 0.4) is 0 Å². The van der Waals surface area contributed by atoms with Crippen molar-refractivity contribution in [2.24, 2.45) is 0 Å². The largest absolute Gasteiger partial charge is 0.363 e. The maximum Gasteiger partial charge on any atom is 0.133 e. The molecule has 0 unspecified atom stereocenters. The monoisotopic (exact) mass is 170 g/mol. The Hall–Kier alpha value is -1.90. The lowest BCUT2D eigenvalue weighted by Gasteiger charge is -1.87. The van der Waals surface area contributed by atoms with Crippen molar-refractivity contribution in [1.82, 2.24) is 10.1 Å². The molecule has 0 saturated carbocycles. The van der Waals surface area contributed by atoms with Crippen LogP contribution in [0.5, 0.6) is 0 Å². The minimum atomic E-state index is 0.841. The molecule has 0 bridgehead atoms. The smallest absolute Gasteiger partial charge is 0.133 e. The van der Waals surface area contributed by atoms with E-state index in [2.05, 4.69) is 10.1 Å². The number of fused-ring (bicyclic) bond motifs is 3. The van der Waals surface area contributed by atoms with E-state index in [9.17, 15) is 0 Å². The minimum absolute atomic E-state index is 0.841. The Balaban J connectivity index is 2.58. The molecule has 0 fully saturated rings. The summed E-state index contributed by atoms with van der Waals surface area (Å²) in [6.45, 7) is 0. The van der Waals surface area contributed by atoms with Gasteiger partial charge in [0.1, 0.15) is 11.8 Å². The van der Waals surface area contributed by atoms with Gasteiger partial charge in [-0.25, -0.2) is 0 Å². The Morgan fingerprint density at radius 2 is 2.15 bits per heavy atom. The minimum Gasteiger partial charge on any atom is -0.363 e. The molecule has 3 heteroatoms. The summed E-state index contributed by atoms with van der Waals surface area (Å²) in [5.74, 6) is 0. The highest BCUT2D eigenvalue weighted by molar-refractivity contribution is 5.91. The Labute approximate surface area is 74.3 Å². The summed E-state index contributed by atoms with van der Waals surface area (Å²) in [7, 11) is 0. The van der Waals surface area contributed by atoms with E-state index in [0.29, 0.717) is 0 Å². The first-order valence-corrected chi connectivity index (χ1v) is 4.03. The standard InChI is InChI=1S/C10H6N2O/c1-2-7-4-5-11-10(7)8-6-13-12-9(8)3-1/h1-6H. The zero-order chi connectivity index (χ0) is 8.67. The van der Waals surface area contributed by atoms with Gasteiger partial charge in [-0.15, -0.1) is 0 Å². The van der Waals surface area contributed by atoms with Gasteiger partial charge in [-0.2, -0.15) is 0 Å². The molecule has 0 amide bonds. The van der Waals surface area contributed by atoms with Crippen LogP contribution in [0, 0.1) is 0 Å². The van der Waals surface area contributed by atoms with E-state index in [-0.39, 0.29) is 0 Å². The summed E-state index contributed by atoms with van der Waals surface area (Å²) in [5, 5.41) is 4.84. The number of aromatic nitrogens is 2. The van der Waals surface area contributed by atoms with Crippen LogP contribution in [-0.4, -0.2) is 10.1 Å². The second kappa shape index (κ2) is 2.29. The molecule has 0 spiro atoms. The van der Waals surface area contributed by atoms with Gasteiger partial charge in [-0.1, -0.05) is 17.3 Å². The molecule has 2 heterocycles. The zero-order valence-electron chi connectivity index (χ0n) is 6.77. The highest BCUT2D eigenvalue weighted by atomic mass is 16.5. The van der Waals surface area contributed by atoms with E-state index in [1.54, 1.807) is 12.5 Å². The van der Waals surface area contributed by atoms with Crippen LogP contribution in [0.4, 0.5) is 0 Å². The molecule has 3 nitrogen and oxygen atoms in total. The van der Waals surface area contributed by atoms with E-state index >= 15 is 0 Å². The van der Waals surface area contributed by atoms with Crippen LogP contribution in [0.15, 0.2) is 41.2 Å². The van der Waals surface area contributed by atoms with Gasteiger partial charge in [-0.05, 0) is 12.1 Å². The maximum absolute atomic E-state index is 4.89. The molecule has 0 aromatic carbocycles. The fraction of sp³-hybridized carbons (Fsp3) is 0. The normalized spacial score (nSPS) is 11.1. The van der Waals surface area contributed by atoms with Crippen LogP contribution in [0.2, 0.25) is 0 Å². The van der Waals surface area contributed by atoms with Crippen LogP contribution in [-0.2, 0) is 0 Å². The predicted molar refractivity (Wildman–Crippen MR) is 48.4 cm³/mol. The lowest BCUT2D eigenvalue weighted by atomic mass is 10.2. The molecule has 13 heavy (non-hydrogen) atoms. The number of hydrogen-bond acceptors (Lipinski definition) is 3. The molecule has 1 aliphatic carbocycles. The second-order valence-corrected chi connectivity index (χ2v) is 2.89. The average Bonchev–Trinajstić information content (AvgIpc) is 2.72. The third-order valence-electron chi connectivity index (χ3n) is 2.11. The third kappa shape index (κ3) is 0.839. The van der Waals surface area contributed by atoms with Crippen molar-refractivity contribution in [3.8, 4) is 11.3 Å². The number of nitrogens with zero attached hydrogens (tertiary/aromatic N) is 2. The SMILES string of the molecule is c1cc2ccnc-2c2conc2c1. The topological polar surface area (TPSA) is 38.9 Å². The van der Waals surface area contributed by atoms with Gasteiger partial charge in [0.2, 0.25) is 0 Å². The van der Waals surface area contributed by atoms with Crippen LogP contribution < -0.4 is 0 Å². The Kier molecular flexibility index (Phi) is 1.16. The van der Waals surface area contributed by atoms with Gasteiger partial charge >= 0.3 is 0 Å². The Morgan fingerprint density at radius 3 is 3.15 bits per heavy atom. The molecule has 1 aromatic heterocycles. The van der Waals surface area contributed by atoms with Crippen LogP contribution in [0.25, 0.3) is 22.2 Å². The average molecular weight is 170 g/mol. The summed E-state index contributed by atoms with van der Waals surface area (Å²) < 4.78 is 4.89. The molecule has 0 N–H and O–H groups in total. The van der Waals surface area contributed by atoms with Gasteiger partial charge in [0.25, 0.3) is 0 Å². The van der Waals surface area contributed by atoms with Gasteiger partial charge in [0.05, 0.1) is 11.1 Å². The van der Waals surface area contributed by atoms with Gasteiger partial charge in [0, 0.05) is 11.8 Å². The fourth-order valence-electron chi connectivity index (χ4n) is 1.49. The quantitative estimate of drug-likeness (QED) is 0.519. The number of rotatable bonds is 0.